The van der Waals surface area contributed by atoms with Gasteiger partial charge in [-0.25, -0.2) is 13.4 Å². The van der Waals surface area contributed by atoms with Crippen molar-refractivity contribution in [3.05, 3.63) is 35.9 Å². The molecule has 2 N–H and O–H groups in total. The van der Waals surface area contributed by atoms with Crippen LogP contribution < -0.4 is 10.6 Å². The fourth-order valence-corrected chi connectivity index (χ4v) is 3.82. The Morgan fingerprint density at radius 3 is 2.37 bits per heavy atom. The van der Waals surface area contributed by atoms with E-state index in [2.05, 4.69) is 15.6 Å². The third kappa shape index (κ3) is 6.10. The smallest absolute Gasteiger partial charge is 0.357 e. The number of hydrogen-bond acceptors (Lipinski definition) is 3. The number of piperidine rings is 1. The van der Waals surface area contributed by atoms with Crippen LogP contribution in [0, 0.1) is 5.92 Å². The minimum absolute atomic E-state index is 0.0882. The fourth-order valence-electron chi connectivity index (χ4n) is 2.84. The van der Waals surface area contributed by atoms with Crippen molar-refractivity contribution in [2.45, 2.75) is 31.8 Å². The quantitative estimate of drug-likeness (QED) is 0.562. The van der Waals surface area contributed by atoms with E-state index in [9.17, 15) is 21.6 Å². The summed E-state index contributed by atoms with van der Waals surface area (Å²) in [5.41, 5.74) is -4.17. The van der Waals surface area contributed by atoms with Crippen molar-refractivity contribution in [1.82, 2.24) is 14.9 Å². The maximum Gasteiger partial charge on any atom is 0.511 e. The molecular weight excluding hydrogens is 381 g/mol. The Kier molecular flexibility index (Phi) is 7.49. The number of aliphatic imine (C=N–C) groups is 1. The van der Waals surface area contributed by atoms with Gasteiger partial charge in [0, 0.05) is 26.2 Å². The van der Waals surface area contributed by atoms with E-state index in [-0.39, 0.29) is 19.0 Å². The topological polar surface area (TPSA) is 73.8 Å². The second-order valence-electron chi connectivity index (χ2n) is 6.35. The van der Waals surface area contributed by atoms with Crippen molar-refractivity contribution in [3.63, 3.8) is 0 Å². The van der Waals surface area contributed by atoms with Crippen molar-refractivity contribution < 1.29 is 21.6 Å². The third-order valence-corrected chi connectivity index (χ3v) is 6.00. The zero-order valence-corrected chi connectivity index (χ0v) is 16.0. The van der Waals surface area contributed by atoms with E-state index < -0.39 is 15.5 Å². The summed E-state index contributed by atoms with van der Waals surface area (Å²) in [5, 5.41) is 6.32. The lowest BCUT2D eigenvalue weighted by Gasteiger charge is -2.31. The van der Waals surface area contributed by atoms with Gasteiger partial charge in [-0.2, -0.15) is 17.5 Å². The molecule has 0 amide bonds. The second kappa shape index (κ2) is 9.41. The standard InChI is InChI=1S/C17H25F3N4O2S/c1-2-21-16(22-12-14-6-4-3-5-7-14)23-13-15-8-10-24(11-9-15)27(25,26)17(18,19)20/h3-7,15H,2,8-13H2,1H3,(H2,21,22,23). The summed E-state index contributed by atoms with van der Waals surface area (Å²) in [5.74, 6) is 0.719. The van der Waals surface area contributed by atoms with Crippen LogP contribution in [0.2, 0.25) is 0 Å². The lowest BCUT2D eigenvalue weighted by molar-refractivity contribution is -0.0496. The average Bonchev–Trinajstić information content (AvgIpc) is 2.64. The summed E-state index contributed by atoms with van der Waals surface area (Å²) in [6, 6.07) is 9.76. The second-order valence-corrected chi connectivity index (χ2v) is 8.28. The minimum atomic E-state index is -5.24. The highest BCUT2D eigenvalue weighted by molar-refractivity contribution is 7.90. The van der Waals surface area contributed by atoms with Crippen LogP contribution >= 0.6 is 0 Å². The zero-order valence-electron chi connectivity index (χ0n) is 15.2. The number of halogens is 3. The summed E-state index contributed by atoms with van der Waals surface area (Å²) in [6.45, 7) is 3.43. The van der Waals surface area contributed by atoms with E-state index in [0.717, 1.165) is 5.56 Å². The molecule has 0 spiro atoms. The molecule has 0 radical (unpaired) electrons. The molecule has 0 unspecified atom stereocenters. The normalized spacial score (nSPS) is 17.7. The Hall–Kier alpha value is -1.81. The van der Waals surface area contributed by atoms with Crippen LogP contribution in [-0.2, 0) is 16.6 Å². The molecule has 0 aliphatic carbocycles. The summed E-state index contributed by atoms with van der Waals surface area (Å²) in [4.78, 5) is 4.49. The van der Waals surface area contributed by atoms with Crippen LogP contribution in [0.25, 0.3) is 0 Å². The van der Waals surface area contributed by atoms with Gasteiger partial charge < -0.3 is 10.6 Å². The first-order valence-corrected chi connectivity index (χ1v) is 10.3. The molecule has 1 aromatic carbocycles. The summed E-state index contributed by atoms with van der Waals surface area (Å²) in [7, 11) is -5.23. The van der Waals surface area contributed by atoms with E-state index in [1.165, 1.54) is 0 Å². The van der Waals surface area contributed by atoms with Crippen molar-refractivity contribution in [1.29, 1.82) is 0 Å². The van der Waals surface area contributed by atoms with Gasteiger partial charge in [-0.3, -0.25) is 0 Å². The van der Waals surface area contributed by atoms with Gasteiger partial charge in [-0.05, 0) is 31.2 Å². The van der Waals surface area contributed by atoms with Crippen molar-refractivity contribution in [2.24, 2.45) is 10.9 Å². The van der Waals surface area contributed by atoms with E-state index in [1.807, 2.05) is 37.3 Å². The Bertz CT molecular complexity index is 715. The van der Waals surface area contributed by atoms with Gasteiger partial charge in [0.25, 0.3) is 0 Å². The molecular formula is C17H25F3N4O2S. The maximum absolute atomic E-state index is 12.6. The van der Waals surface area contributed by atoms with E-state index >= 15 is 0 Å². The number of sulfonamides is 1. The molecule has 1 fully saturated rings. The van der Waals surface area contributed by atoms with E-state index in [4.69, 9.17) is 0 Å². The Morgan fingerprint density at radius 1 is 1.19 bits per heavy atom. The highest BCUT2D eigenvalue weighted by atomic mass is 32.2. The molecule has 2 rings (SSSR count). The molecule has 1 saturated heterocycles. The SMILES string of the molecule is CCNC(=NCc1ccccc1)NCC1CCN(S(=O)(=O)C(F)(F)F)CC1. The van der Waals surface area contributed by atoms with Crippen molar-refractivity contribution in [2.75, 3.05) is 26.2 Å². The van der Waals surface area contributed by atoms with Gasteiger partial charge in [-0.1, -0.05) is 30.3 Å². The van der Waals surface area contributed by atoms with Crippen molar-refractivity contribution >= 4 is 16.0 Å². The molecule has 1 aliphatic rings. The molecule has 1 aromatic rings. The first-order valence-electron chi connectivity index (χ1n) is 8.86. The monoisotopic (exact) mass is 406 g/mol. The average molecular weight is 406 g/mol. The molecule has 27 heavy (non-hydrogen) atoms. The van der Waals surface area contributed by atoms with Crippen LogP contribution in [0.5, 0.6) is 0 Å². The van der Waals surface area contributed by atoms with Gasteiger partial charge in [0.15, 0.2) is 5.96 Å². The number of hydrogen-bond donors (Lipinski definition) is 2. The Labute approximate surface area is 157 Å². The van der Waals surface area contributed by atoms with Gasteiger partial charge in [0.1, 0.15) is 0 Å². The molecule has 1 heterocycles. The highest BCUT2D eigenvalue weighted by Crippen LogP contribution is 2.30. The molecule has 6 nitrogen and oxygen atoms in total. The number of benzene rings is 1. The van der Waals surface area contributed by atoms with Gasteiger partial charge in [0.05, 0.1) is 6.54 Å². The lowest BCUT2D eigenvalue weighted by atomic mass is 9.98. The lowest BCUT2D eigenvalue weighted by Crippen LogP contribution is -2.47. The first-order chi connectivity index (χ1) is 12.7. The molecule has 0 aromatic heterocycles. The molecule has 10 heteroatoms. The summed E-state index contributed by atoms with van der Waals surface area (Å²) < 4.78 is 61.2. The fraction of sp³-hybridized carbons (Fsp3) is 0.588. The largest absolute Gasteiger partial charge is 0.511 e. The summed E-state index contributed by atoms with van der Waals surface area (Å²) in [6.07, 6.45) is 0.751. The predicted octanol–water partition coefficient (Wildman–Crippen LogP) is 2.30. The van der Waals surface area contributed by atoms with E-state index in [0.29, 0.717) is 42.7 Å². The minimum Gasteiger partial charge on any atom is -0.357 e. The predicted molar refractivity (Wildman–Crippen MR) is 98.5 cm³/mol. The number of nitrogens with one attached hydrogen (secondary N) is 2. The summed E-state index contributed by atoms with van der Waals surface area (Å²) >= 11 is 0. The van der Waals surface area contributed by atoms with Crippen LogP contribution in [0.1, 0.15) is 25.3 Å². The van der Waals surface area contributed by atoms with Crippen LogP contribution in [0.15, 0.2) is 35.3 Å². The number of rotatable bonds is 6. The Balaban J connectivity index is 1.85. The molecule has 0 bridgehead atoms. The molecule has 1 aliphatic heterocycles. The van der Waals surface area contributed by atoms with Gasteiger partial charge in [0.2, 0.25) is 0 Å². The van der Waals surface area contributed by atoms with Crippen LogP contribution in [0.4, 0.5) is 13.2 Å². The zero-order chi connectivity index (χ0) is 19.9. The third-order valence-electron chi connectivity index (χ3n) is 4.37. The number of nitrogens with zero attached hydrogens (tertiary/aromatic N) is 2. The Morgan fingerprint density at radius 2 is 1.81 bits per heavy atom. The molecule has 0 atom stereocenters. The van der Waals surface area contributed by atoms with Crippen molar-refractivity contribution in [3.8, 4) is 0 Å². The van der Waals surface area contributed by atoms with Crippen LogP contribution in [-0.4, -0.2) is 50.4 Å². The van der Waals surface area contributed by atoms with Gasteiger partial charge in [-0.15, -0.1) is 0 Å². The maximum atomic E-state index is 12.6. The van der Waals surface area contributed by atoms with Crippen LogP contribution in [0.3, 0.4) is 0 Å². The first kappa shape index (κ1) is 21.5. The number of alkyl halides is 3. The van der Waals surface area contributed by atoms with Gasteiger partial charge >= 0.3 is 15.5 Å². The highest BCUT2D eigenvalue weighted by Gasteiger charge is 2.50. The molecule has 0 saturated carbocycles. The van der Waals surface area contributed by atoms with E-state index in [1.54, 1.807) is 0 Å². The number of guanidine groups is 1. The molecule has 152 valence electrons.